The molecule has 0 fully saturated rings. The number of thiocarbonyl (C=S) groups is 1. The second-order valence-electron chi connectivity index (χ2n) is 4.45. The molecule has 0 aromatic heterocycles. The summed E-state index contributed by atoms with van der Waals surface area (Å²) in [6, 6.07) is 5.99. The van der Waals surface area contributed by atoms with Gasteiger partial charge in [0.15, 0.2) is 0 Å². The van der Waals surface area contributed by atoms with Gasteiger partial charge >= 0.3 is 0 Å². The third-order valence-electron chi connectivity index (χ3n) is 3.24. The van der Waals surface area contributed by atoms with E-state index in [0.717, 1.165) is 28.6 Å². The lowest BCUT2D eigenvalue weighted by atomic mass is 9.95. The van der Waals surface area contributed by atoms with Crippen LogP contribution >= 0.6 is 28.1 Å². The van der Waals surface area contributed by atoms with Gasteiger partial charge in [-0.25, -0.2) is 0 Å². The summed E-state index contributed by atoms with van der Waals surface area (Å²) in [5, 5.41) is 3.55. The van der Waals surface area contributed by atoms with Gasteiger partial charge in [-0.3, -0.25) is 0 Å². The lowest BCUT2D eigenvalue weighted by Crippen LogP contribution is -2.32. The Morgan fingerprint density at radius 2 is 2.00 bits per heavy atom. The van der Waals surface area contributed by atoms with Gasteiger partial charge in [-0.05, 0) is 53.9 Å². The zero-order valence-electron chi connectivity index (χ0n) is 10.5. The molecule has 4 heteroatoms. The van der Waals surface area contributed by atoms with Crippen molar-refractivity contribution in [3.63, 3.8) is 0 Å². The zero-order chi connectivity index (χ0) is 13.1. The van der Waals surface area contributed by atoms with Gasteiger partial charge in [0, 0.05) is 21.3 Å². The first kappa shape index (κ1) is 14.5. The molecule has 0 aliphatic heterocycles. The standard InChI is InChI=1S/C13H19BrN2S/c1-4-13(3,5-2)16-9-6-7-10(12(15)17)11(14)8-9/h6-8,16H,4-5H2,1-3H3,(H2,15,17). The molecule has 1 rings (SSSR count). The van der Waals surface area contributed by atoms with Crippen LogP contribution in [0.15, 0.2) is 22.7 Å². The van der Waals surface area contributed by atoms with E-state index >= 15 is 0 Å². The summed E-state index contributed by atoms with van der Waals surface area (Å²) in [5.41, 5.74) is 7.72. The highest BCUT2D eigenvalue weighted by molar-refractivity contribution is 9.10. The summed E-state index contributed by atoms with van der Waals surface area (Å²) in [7, 11) is 0. The number of anilines is 1. The first-order valence-electron chi connectivity index (χ1n) is 5.79. The van der Waals surface area contributed by atoms with Crippen molar-refractivity contribution in [1.29, 1.82) is 0 Å². The summed E-state index contributed by atoms with van der Waals surface area (Å²) < 4.78 is 0.935. The molecule has 0 saturated heterocycles. The normalized spacial score (nSPS) is 11.3. The monoisotopic (exact) mass is 314 g/mol. The molecule has 0 aliphatic carbocycles. The van der Waals surface area contributed by atoms with Crippen LogP contribution in [-0.4, -0.2) is 10.5 Å². The minimum atomic E-state index is 0.129. The minimum absolute atomic E-state index is 0.129. The van der Waals surface area contributed by atoms with E-state index in [4.69, 9.17) is 18.0 Å². The number of benzene rings is 1. The van der Waals surface area contributed by atoms with Crippen molar-refractivity contribution in [2.75, 3.05) is 5.32 Å². The van der Waals surface area contributed by atoms with Crippen LogP contribution in [0, 0.1) is 0 Å². The van der Waals surface area contributed by atoms with Crippen LogP contribution in [-0.2, 0) is 0 Å². The number of nitrogens with one attached hydrogen (secondary N) is 1. The van der Waals surface area contributed by atoms with Gasteiger partial charge in [-0.2, -0.15) is 0 Å². The first-order valence-corrected chi connectivity index (χ1v) is 6.99. The fourth-order valence-corrected chi connectivity index (χ4v) is 2.47. The lowest BCUT2D eigenvalue weighted by Gasteiger charge is -2.29. The number of rotatable bonds is 5. The Kier molecular flexibility index (Phi) is 4.95. The maximum atomic E-state index is 5.63. The molecule has 1 aromatic rings. The molecule has 0 saturated carbocycles. The van der Waals surface area contributed by atoms with Gasteiger partial charge in [0.25, 0.3) is 0 Å². The molecule has 0 atom stereocenters. The third kappa shape index (κ3) is 3.68. The van der Waals surface area contributed by atoms with Crippen LogP contribution in [0.5, 0.6) is 0 Å². The quantitative estimate of drug-likeness (QED) is 0.804. The van der Waals surface area contributed by atoms with E-state index in [0.29, 0.717) is 4.99 Å². The van der Waals surface area contributed by atoms with Crippen molar-refractivity contribution >= 4 is 38.8 Å². The van der Waals surface area contributed by atoms with Crippen molar-refractivity contribution in [3.8, 4) is 0 Å². The Balaban J connectivity index is 2.95. The maximum Gasteiger partial charge on any atom is 0.105 e. The molecule has 3 N–H and O–H groups in total. The largest absolute Gasteiger partial charge is 0.389 e. The summed E-state index contributed by atoms with van der Waals surface area (Å²) in [6.45, 7) is 6.60. The van der Waals surface area contributed by atoms with Gasteiger partial charge in [-0.15, -0.1) is 0 Å². The second-order valence-corrected chi connectivity index (χ2v) is 5.75. The Labute approximate surface area is 117 Å². The molecule has 0 bridgehead atoms. The van der Waals surface area contributed by atoms with Crippen molar-refractivity contribution < 1.29 is 0 Å². The lowest BCUT2D eigenvalue weighted by molar-refractivity contribution is 0.478. The summed E-state index contributed by atoms with van der Waals surface area (Å²) in [6.07, 6.45) is 2.16. The molecule has 0 heterocycles. The maximum absolute atomic E-state index is 5.63. The fraction of sp³-hybridized carbons (Fsp3) is 0.462. The van der Waals surface area contributed by atoms with Gasteiger partial charge in [0.1, 0.15) is 4.99 Å². The average molecular weight is 315 g/mol. The zero-order valence-corrected chi connectivity index (χ0v) is 12.9. The van der Waals surface area contributed by atoms with Crippen molar-refractivity contribution in [3.05, 3.63) is 28.2 Å². The summed E-state index contributed by atoms with van der Waals surface area (Å²) >= 11 is 8.47. The second kappa shape index (κ2) is 5.83. The Morgan fingerprint density at radius 1 is 1.41 bits per heavy atom. The van der Waals surface area contributed by atoms with Crippen molar-refractivity contribution in [1.82, 2.24) is 0 Å². The van der Waals surface area contributed by atoms with Crippen LogP contribution < -0.4 is 11.1 Å². The highest BCUT2D eigenvalue weighted by Gasteiger charge is 2.19. The Bertz CT molecular complexity index is 414. The molecule has 0 aliphatic rings. The van der Waals surface area contributed by atoms with Gasteiger partial charge in [0.2, 0.25) is 0 Å². The van der Waals surface area contributed by atoms with Crippen molar-refractivity contribution in [2.45, 2.75) is 39.2 Å². The van der Waals surface area contributed by atoms with E-state index in [2.05, 4.69) is 42.0 Å². The molecule has 0 amide bonds. The molecule has 0 radical (unpaired) electrons. The molecular weight excluding hydrogens is 296 g/mol. The van der Waals surface area contributed by atoms with Crippen LogP contribution in [0.1, 0.15) is 39.2 Å². The van der Waals surface area contributed by atoms with E-state index in [1.54, 1.807) is 0 Å². The predicted molar refractivity (Wildman–Crippen MR) is 82.6 cm³/mol. The molecule has 0 spiro atoms. The minimum Gasteiger partial charge on any atom is -0.389 e. The first-order chi connectivity index (χ1) is 7.91. The number of nitrogens with two attached hydrogens (primary N) is 1. The SMILES string of the molecule is CCC(C)(CC)Nc1ccc(C(N)=S)c(Br)c1. The highest BCUT2D eigenvalue weighted by atomic mass is 79.9. The number of hydrogen-bond acceptors (Lipinski definition) is 2. The molecular formula is C13H19BrN2S. The van der Waals surface area contributed by atoms with E-state index in [1.807, 2.05) is 18.2 Å². The summed E-state index contributed by atoms with van der Waals surface area (Å²) in [5.74, 6) is 0. The molecule has 0 unspecified atom stereocenters. The Hall–Kier alpha value is -0.610. The number of halogens is 1. The third-order valence-corrected chi connectivity index (χ3v) is 4.12. The Morgan fingerprint density at radius 3 is 2.41 bits per heavy atom. The van der Waals surface area contributed by atoms with Crippen LogP contribution in [0.2, 0.25) is 0 Å². The fourth-order valence-electron chi connectivity index (χ4n) is 1.57. The van der Waals surface area contributed by atoms with Crippen LogP contribution in [0.3, 0.4) is 0 Å². The van der Waals surface area contributed by atoms with Gasteiger partial charge in [-0.1, -0.05) is 26.1 Å². The van der Waals surface area contributed by atoms with E-state index in [1.165, 1.54) is 0 Å². The topological polar surface area (TPSA) is 38.0 Å². The van der Waals surface area contributed by atoms with Crippen LogP contribution in [0.25, 0.3) is 0 Å². The molecule has 17 heavy (non-hydrogen) atoms. The molecule has 94 valence electrons. The van der Waals surface area contributed by atoms with E-state index < -0.39 is 0 Å². The van der Waals surface area contributed by atoms with Crippen molar-refractivity contribution in [2.24, 2.45) is 5.73 Å². The predicted octanol–water partition coefficient (Wildman–Crippen LogP) is 4.07. The summed E-state index contributed by atoms with van der Waals surface area (Å²) in [4.78, 5) is 0.414. The molecule has 2 nitrogen and oxygen atoms in total. The van der Waals surface area contributed by atoms with Crippen LogP contribution in [0.4, 0.5) is 5.69 Å². The van der Waals surface area contributed by atoms with E-state index in [-0.39, 0.29) is 5.54 Å². The smallest absolute Gasteiger partial charge is 0.105 e. The molecule has 1 aromatic carbocycles. The van der Waals surface area contributed by atoms with E-state index in [9.17, 15) is 0 Å². The van der Waals surface area contributed by atoms with Gasteiger partial charge < -0.3 is 11.1 Å². The number of hydrogen-bond donors (Lipinski definition) is 2. The average Bonchev–Trinajstić information content (AvgIpc) is 2.28. The highest BCUT2D eigenvalue weighted by Crippen LogP contribution is 2.26. The van der Waals surface area contributed by atoms with Gasteiger partial charge in [0.05, 0.1) is 0 Å².